The highest BCUT2D eigenvalue weighted by Gasteiger charge is 2.14. The second-order valence-electron chi connectivity index (χ2n) is 7.38. The minimum absolute atomic E-state index is 0.148. The number of aromatic nitrogens is 4. The molecular formula is C24H25N5O3. The van der Waals surface area contributed by atoms with Crippen LogP contribution in [-0.4, -0.2) is 38.5 Å². The summed E-state index contributed by atoms with van der Waals surface area (Å²) in [4.78, 5) is 25.3. The molecule has 1 N–H and O–H groups in total. The van der Waals surface area contributed by atoms with E-state index < -0.39 is 0 Å². The van der Waals surface area contributed by atoms with Crippen molar-refractivity contribution in [2.45, 2.75) is 26.8 Å². The number of carbonyl (C=O) groups is 1. The summed E-state index contributed by atoms with van der Waals surface area (Å²) in [7, 11) is 0. The van der Waals surface area contributed by atoms with Crippen molar-refractivity contribution in [1.82, 2.24) is 24.7 Å². The van der Waals surface area contributed by atoms with Gasteiger partial charge in [0.2, 0.25) is 5.91 Å². The van der Waals surface area contributed by atoms with E-state index in [-0.39, 0.29) is 18.0 Å². The molecule has 0 saturated carbocycles. The van der Waals surface area contributed by atoms with E-state index in [0.29, 0.717) is 36.6 Å². The lowest BCUT2D eigenvalue weighted by molar-refractivity contribution is -0.121. The second kappa shape index (κ2) is 9.47. The van der Waals surface area contributed by atoms with Gasteiger partial charge in [0.05, 0.1) is 12.3 Å². The molecular weight excluding hydrogens is 406 g/mol. The number of carbonyl (C=O) groups excluding carboxylic acids is 1. The van der Waals surface area contributed by atoms with Gasteiger partial charge in [0, 0.05) is 12.1 Å². The van der Waals surface area contributed by atoms with Crippen LogP contribution in [0.25, 0.3) is 16.8 Å². The van der Waals surface area contributed by atoms with Crippen LogP contribution in [0.1, 0.15) is 18.3 Å². The molecule has 0 spiro atoms. The Morgan fingerprint density at radius 1 is 1.06 bits per heavy atom. The van der Waals surface area contributed by atoms with E-state index in [9.17, 15) is 9.59 Å². The van der Waals surface area contributed by atoms with Gasteiger partial charge < -0.3 is 10.1 Å². The van der Waals surface area contributed by atoms with Crippen LogP contribution in [-0.2, 0) is 17.8 Å². The molecule has 2 aromatic carbocycles. The molecule has 0 unspecified atom stereocenters. The predicted octanol–water partition coefficient (Wildman–Crippen LogP) is 2.62. The summed E-state index contributed by atoms with van der Waals surface area (Å²) in [6.45, 7) is 4.65. The fourth-order valence-corrected chi connectivity index (χ4v) is 3.49. The Morgan fingerprint density at radius 3 is 2.53 bits per heavy atom. The summed E-state index contributed by atoms with van der Waals surface area (Å²) in [5, 5.41) is 11.6. The third kappa shape index (κ3) is 4.69. The van der Waals surface area contributed by atoms with Gasteiger partial charge in [0.15, 0.2) is 0 Å². The van der Waals surface area contributed by atoms with Crippen LogP contribution in [0.5, 0.6) is 5.75 Å². The van der Waals surface area contributed by atoms with E-state index in [4.69, 9.17) is 4.74 Å². The molecule has 164 valence electrons. The molecule has 4 rings (SSSR count). The van der Waals surface area contributed by atoms with Crippen molar-refractivity contribution in [3.8, 4) is 17.0 Å². The highest BCUT2D eigenvalue weighted by Crippen LogP contribution is 2.18. The number of hydrogen-bond donors (Lipinski definition) is 1. The Morgan fingerprint density at radius 2 is 1.81 bits per heavy atom. The first-order chi connectivity index (χ1) is 15.5. The molecule has 0 aliphatic rings. The molecule has 0 saturated heterocycles. The summed E-state index contributed by atoms with van der Waals surface area (Å²) in [5.41, 5.74) is 2.72. The smallest absolute Gasteiger partial charge is 0.293 e. The molecule has 2 heterocycles. The molecule has 0 atom stereocenters. The van der Waals surface area contributed by atoms with E-state index in [0.717, 1.165) is 16.9 Å². The predicted molar refractivity (Wildman–Crippen MR) is 122 cm³/mol. The van der Waals surface area contributed by atoms with Crippen molar-refractivity contribution in [2.75, 3.05) is 13.2 Å². The van der Waals surface area contributed by atoms with Crippen LogP contribution in [0.15, 0.2) is 65.5 Å². The highest BCUT2D eigenvalue weighted by atomic mass is 16.5. The Bertz CT molecular complexity index is 1280. The van der Waals surface area contributed by atoms with Gasteiger partial charge >= 0.3 is 0 Å². The Labute approximate surface area is 185 Å². The Kier molecular flexibility index (Phi) is 6.30. The van der Waals surface area contributed by atoms with Gasteiger partial charge in [-0.05, 0) is 44.0 Å². The molecule has 0 aliphatic heterocycles. The normalized spacial score (nSPS) is 10.9. The first-order valence-corrected chi connectivity index (χ1v) is 10.6. The number of rotatable bonds is 8. The number of nitrogens with zero attached hydrogens (tertiary/aromatic N) is 4. The zero-order valence-corrected chi connectivity index (χ0v) is 18.1. The number of amides is 1. The van der Waals surface area contributed by atoms with E-state index >= 15 is 0 Å². The lowest BCUT2D eigenvalue weighted by Crippen LogP contribution is -2.35. The molecule has 0 radical (unpaired) electrons. The van der Waals surface area contributed by atoms with Crippen molar-refractivity contribution in [2.24, 2.45) is 0 Å². The SMILES string of the molecule is CCOc1ccc(CCNC(=O)Cn2nc(C)n3nc(-c4ccccc4)cc3c2=O)cc1. The second-order valence-corrected chi connectivity index (χ2v) is 7.38. The summed E-state index contributed by atoms with van der Waals surface area (Å²) < 4.78 is 8.14. The molecule has 8 heteroatoms. The fraction of sp³-hybridized carbons (Fsp3) is 0.250. The molecule has 32 heavy (non-hydrogen) atoms. The standard InChI is InChI=1S/C24H25N5O3/c1-3-32-20-11-9-18(10-12-20)13-14-25-23(30)16-28-24(31)22-15-21(19-7-5-4-6-8-19)27-29(22)17(2)26-28/h4-12,15H,3,13-14,16H2,1-2H3,(H,25,30). The monoisotopic (exact) mass is 431 g/mol. The van der Waals surface area contributed by atoms with E-state index in [1.54, 1.807) is 13.0 Å². The first-order valence-electron chi connectivity index (χ1n) is 10.6. The van der Waals surface area contributed by atoms with Crippen LogP contribution in [0.4, 0.5) is 0 Å². The molecule has 8 nitrogen and oxygen atoms in total. The lowest BCUT2D eigenvalue weighted by atomic mass is 10.1. The van der Waals surface area contributed by atoms with Crippen LogP contribution in [0.3, 0.4) is 0 Å². The van der Waals surface area contributed by atoms with Gasteiger partial charge in [-0.2, -0.15) is 10.2 Å². The van der Waals surface area contributed by atoms with Gasteiger partial charge in [0.1, 0.15) is 23.6 Å². The van der Waals surface area contributed by atoms with Crippen molar-refractivity contribution in [3.63, 3.8) is 0 Å². The number of fused-ring (bicyclic) bond motifs is 1. The average molecular weight is 431 g/mol. The van der Waals surface area contributed by atoms with E-state index in [2.05, 4.69) is 15.5 Å². The first kappa shape index (κ1) is 21.3. The minimum Gasteiger partial charge on any atom is -0.494 e. The van der Waals surface area contributed by atoms with Gasteiger partial charge in [-0.25, -0.2) is 9.20 Å². The third-order valence-corrected chi connectivity index (χ3v) is 5.07. The van der Waals surface area contributed by atoms with Crippen molar-refractivity contribution < 1.29 is 9.53 Å². The van der Waals surface area contributed by atoms with E-state index in [1.807, 2.05) is 61.5 Å². The van der Waals surface area contributed by atoms with Gasteiger partial charge in [0.25, 0.3) is 5.56 Å². The molecule has 0 fully saturated rings. The topological polar surface area (TPSA) is 90.5 Å². The quantitative estimate of drug-likeness (QED) is 0.463. The van der Waals surface area contributed by atoms with Gasteiger partial charge in [-0.15, -0.1) is 0 Å². The zero-order chi connectivity index (χ0) is 22.5. The van der Waals surface area contributed by atoms with Crippen LogP contribution in [0.2, 0.25) is 0 Å². The number of nitrogens with one attached hydrogen (secondary N) is 1. The maximum absolute atomic E-state index is 12.9. The molecule has 1 amide bonds. The summed E-state index contributed by atoms with van der Waals surface area (Å²) >= 11 is 0. The van der Waals surface area contributed by atoms with E-state index in [1.165, 1.54) is 9.20 Å². The largest absolute Gasteiger partial charge is 0.494 e. The van der Waals surface area contributed by atoms with Crippen LogP contribution in [0, 0.1) is 6.92 Å². The third-order valence-electron chi connectivity index (χ3n) is 5.07. The summed E-state index contributed by atoms with van der Waals surface area (Å²) in [6, 6.07) is 19.1. The Balaban J connectivity index is 1.42. The Hall–Kier alpha value is -3.94. The van der Waals surface area contributed by atoms with Crippen molar-refractivity contribution >= 4 is 11.4 Å². The number of benzene rings is 2. The summed E-state index contributed by atoms with van der Waals surface area (Å²) in [6.07, 6.45) is 0.682. The zero-order valence-electron chi connectivity index (χ0n) is 18.1. The number of ether oxygens (including phenoxy) is 1. The number of aryl methyl sites for hydroxylation is 1. The van der Waals surface area contributed by atoms with Crippen molar-refractivity contribution in [1.29, 1.82) is 0 Å². The fourth-order valence-electron chi connectivity index (χ4n) is 3.49. The maximum atomic E-state index is 12.9. The molecule has 4 aromatic rings. The summed E-state index contributed by atoms with van der Waals surface area (Å²) in [5.74, 6) is 1.09. The molecule has 0 bridgehead atoms. The molecule has 0 aliphatic carbocycles. The lowest BCUT2D eigenvalue weighted by Gasteiger charge is -2.09. The van der Waals surface area contributed by atoms with Crippen LogP contribution >= 0.6 is 0 Å². The van der Waals surface area contributed by atoms with Gasteiger partial charge in [-0.3, -0.25) is 9.59 Å². The van der Waals surface area contributed by atoms with Crippen LogP contribution < -0.4 is 15.6 Å². The average Bonchev–Trinajstić information content (AvgIpc) is 3.26. The minimum atomic E-state index is -0.355. The van der Waals surface area contributed by atoms with Crippen molar-refractivity contribution in [3.05, 3.63) is 82.4 Å². The maximum Gasteiger partial charge on any atom is 0.293 e. The number of hydrogen-bond acceptors (Lipinski definition) is 5. The van der Waals surface area contributed by atoms with Gasteiger partial charge in [-0.1, -0.05) is 42.5 Å². The molecule has 2 aromatic heterocycles. The highest BCUT2D eigenvalue weighted by molar-refractivity contribution is 5.75.